The molecule has 0 N–H and O–H groups in total. The molecular weight excluding hydrogens is 400 g/mol. The second kappa shape index (κ2) is 7.34. The third-order valence-corrected chi connectivity index (χ3v) is 7.14. The lowest BCUT2D eigenvalue weighted by Gasteiger charge is -2.28. The number of halogens is 1. The second-order valence-electron chi connectivity index (χ2n) is 5.99. The Balaban J connectivity index is 1.94. The Morgan fingerprint density at radius 3 is 2.73 bits per heavy atom. The van der Waals surface area contributed by atoms with Crippen molar-refractivity contribution in [3.05, 3.63) is 61.3 Å². The number of sulfone groups is 1. The van der Waals surface area contributed by atoms with E-state index in [1.165, 1.54) is 28.4 Å². The number of carbonyl (C=O) groups is 1. The molecule has 1 amide bonds. The molecule has 3 rings (SSSR count). The number of carbonyl (C=O) groups excluding carboxylic acids is 1. The highest BCUT2D eigenvalue weighted by molar-refractivity contribution is 7.91. The summed E-state index contributed by atoms with van der Waals surface area (Å²) in [6, 6.07) is 7.11. The molecule has 0 saturated carbocycles. The van der Waals surface area contributed by atoms with Crippen LogP contribution in [-0.2, 0) is 16.4 Å². The van der Waals surface area contributed by atoms with Gasteiger partial charge >= 0.3 is 0 Å². The number of amides is 1. The Hall–Kier alpha value is -1.97. The molecule has 1 fully saturated rings. The molecule has 1 aromatic heterocycles. The minimum atomic E-state index is -3.18. The van der Waals surface area contributed by atoms with Gasteiger partial charge in [-0.25, -0.2) is 8.42 Å². The van der Waals surface area contributed by atoms with Crippen LogP contribution in [0.5, 0.6) is 0 Å². The highest BCUT2D eigenvalue weighted by Gasteiger charge is 2.35. The molecule has 1 atom stereocenters. The Morgan fingerprint density at radius 2 is 2.15 bits per heavy atom. The monoisotopic (exact) mass is 414 g/mol. The van der Waals surface area contributed by atoms with Crippen molar-refractivity contribution in [3.8, 4) is 0 Å². The van der Waals surface area contributed by atoms with Gasteiger partial charge in [0.1, 0.15) is 5.02 Å². The highest BCUT2D eigenvalue weighted by Crippen LogP contribution is 2.28. The molecule has 1 saturated heterocycles. The van der Waals surface area contributed by atoms with Crippen molar-refractivity contribution in [2.24, 2.45) is 0 Å². The largest absolute Gasteiger partial charge is 0.329 e. The van der Waals surface area contributed by atoms with Crippen LogP contribution in [0.1, 0.15) is 21.7 Å². The number of hydrogen-bond acceptors (Lipinski definition) is 6. The standard InChI is InChI=1S/C16H15ClN2O5S2/c17-14-4-3-11(8-15(14)19(21)22)16(20)18(9-13-2-1-6-25-13)12-5-7-26(23,24)10-12/h1-4,6,8,12H,5,7,9-10H2/t12-/m0/s1. The van der Waals surface area contributed by atoms with Crippen LogP contribution in [0, 0.1) is 10.1 Å². The van der Waals surface area contributed by atoms with Gasteiger partial charge in [0.15, 0.2) is 9.84 Å². The van der Waals surface area contributed by atoms with Gasteiger partial charge in [0.05, 0.1) is 23.0 Å². The molecule has 2 aromatic rings. The number of rotatable bonds is 5. The van der Waals surface area contributed by atoms with E-state index in [-0.39, 0.29) is 34.3 Å². The minimum Gasteiger partial charge on any atom is -0.329 e. The summed E-state index contributed by atoms with van der Waals surface area (Å²) in [5.41, 5.74) is -0.241. The van der Waals surface area contributed by atoms with Crippen molar-refractivity contribution in [2.75, 3.05) is 11.5 Å². The molecule has 1 aliphatic rings. The fraction of sp³-hybridized carbons (Fsp3) is 0.312. The van der Waals surface area contributed by atoms with Crippen molar-refractivity contribution < 1.29 is 18.1 Å². The van der Waals surface area contributed by atoms with Crippen LogP contribution in [0.2, 0.25) is 5.02 Å². The van der Waals surface area contributed by atoms with Crippen molar-refractivity contribution in [1.82, 2.24) is 4.90 Å². The summed E-state index contributed by atoms with van der Waals surface area (Å²) in [6.07, 6.45) is 0.356. The van der Waals surface area contributed by atoms with Gasteiger partial charge in [-0.05, 0) is 30.0 Å². The first-order chi connectivity index (χ1) is 12.3. The van der Waals surface area contributed by atoms with Crippen LogP contribution in [0.15, 0.2) is 35.7 Å². The van der Waals surface area contributed by atoms with Gasteiger partial charge in [0.25, 0.3) is 11.6 Å². The van der Waals surface area contributed by atoms with E-state index in [9.17, 15) is 23.3 Å². The van der Waals surface area contributed by atoms with Crippen LogP contribution < -0.4 is 0 Å². The van der Waals surface area contributed by atoms with Gasteiger partial charge in [-0.2, -0.15) is 0 Å². The zero-order valence-corrected chi connectivity index (χ0v) is 15.9. The SMILES string of the molecule is O=C(c1ccc(Cl)c([N+](=O)[O-])c1)N(Cc1cccs1)[C@H]1CCS(=O)(=O)C1. The van der Waals surface area contributed by atoms with E-state index < -0.39 is 26.7 Å². The zero-order valence-electron chi connectivity index (χ0n) is 13.5. The molecule has 138 valence electrons. The average Bonchev–Trinajstić information content (AvgIpc) is 3.21. The first-order valence-corrected chi connectivity index (χ1v) is 10.8. The summed E-state index contributed by atoms with van der Waals surface area (Å²) in [7, 11) is -3.18. The molecule has 0 aliphatic carbocycles. The maximum atomic E-state index is 13.0. The molecular formula is C16H15ClN2O5S2. The molecule has 26 heavy (non-hydrogen) atoms. The normalized spacial score (nSPS) is 18.6. The number of thiophene rings is 1. The lowest BCUT2D eigenvalue weighted by molar-refractivity contribution is -0.384. The first-order valence-electron chi connectivity index (χ1n) is 7.74. The predicted octanol–water partition coefficient (Wildman–Crippen LogP) is 3.14. The van der Waals surface area contributed by atoms with Gasteiger partial charge in [-0.15, -0.1) is 11.3 Å². The van der Waals surface area contributed by atoms with E-state index in [1.807, 2.05) is 17.5 Å². The molecule has 0 bridgehead atoms. The van der Waals surface area contributed by atoms with Gasteiger partial charge in [-0.1, -0.05) is 17.7 Å². The van der Waals surface area contributed by atoms with E-state index in [0.29, 0.717) is 6.42 Å². The molecule has 10 heteroatoms. The molecule has 1 aromatic carbocycles. The van der Waals surface area contributed by atoms with Gasteiger partial charge in [0, 0.05) is 22.5 Å². The molecule has 2 heterocycles. The lowest BCUT2D eigenvalue weighted by Crippen LogP contribution is -2.40. The van der Waals surface area contributed by atoms with Gasteiger partial charge < -0.3 is 4.90 Å². The summed E-state index contributed by atoms with van der Waals surface area (Å²) in [4.78, 5) is 25.9. The van der Waals surface area contributed by atoms with E-state index in [2.05, 4.69) is 0 Å². The lowest BCUT2D eigenvalue weighted by atomic mass is 10.1. The fourth-order valence-corrected chi connectivity index (χ4v) is 5.53. The third kappa shape index (κ3) is 4.05. The van der Waals surface area contributed by atoms with Crippen LogP contribution >= 0.6 is 22.9 Å². The molecule has 0 radical (unpaired) electrons. The third-order valence-electron chi connectivity index (χ3n) is 4.21. The fourth-order valence-electron chi connectivity index (χ4n) is 2.91. The number of nitro benzene ring substituents is 1. The number of hydrogen-bond donors (Lipinski definition) is 0. The Morgan fingerprint density at radius 1 is 1.38 bits per heavy atom. The summed E-state index contributed by atoms with van der Waals surface area (Å²) in [5.74, 6) is -0.507. The van der Waals surface area contributed by atoms with Gasteiger partial charge in [0.2, 0.25) is 0 Å². The number of nitrogens with zero attached hydrogens (tertiary/aromatic N) is 2. The molecule has 1 aliphatic heterocycles. The van der Waals surface area contributed by atoms with Crippen LogP contribution in [0.25, 0.3) is 0 Å². The van der Waals surface area contributed by atoms with Crippen molar-refractivity contribution in [2.45, 2.75) is 19.0 Å². The van der Waals surface area contributed by atoms with E-state index >= 15 is 0 Å². The van der Waals surface area contributed by atoms with Gasteiger partial charge in [-0.3, -0.25) is 14.9 Å². The highest BCUT2D eigenvalue weighted by atomic mass is 35.5. The van der Waals surface area contributed by atoms with Crippen molar-refractivity contribution in [1.29, 1.82) is 0 Å². The first kappa shape index (κ1) is 18.8. The molecule has 0 unspecified atom stereocenters. The zero-order chi connectivity index (χ0) is 18.9. The second-order valence-corrected chi connectivity index (χ2v) is 9.66. The van der Waals surface area contributed by atoms with Crippen LogP contribution in [-0.4, -0.2) is 41.7 Å². The van der Waals surface area contributed by atoms with Crippen molar-refractivity contribution >= 4 is 44.4 Å². The minimum absolute atomic E-state index is 0.0344. The summed E-state index contributed by atoms with van der Waals surface area (Å²) < 4.78 is 23.7. The summed E-state index contributed by atoms with van der Waals surface area (Å²) >= 11 is 7.27. The topological polar surface area (TPSA) is 97.6 Å². The Bertz CT molecular complexity index is 944. The molecule has 7 nitrogen and oxygen atoms in total. The van der Waals surface area contributed by atoms with Crippen LogP contribution in [0.4, 0.5) is 5.69 Å². The predicted molar refractivity (Wildman–Crippen MR) is 99.4 cm³/mol. The van der Waals surface area contributed by atoms with E-state index in [0.717, 1.165) is 10.9 Å². The van der Waals surface area contributed by atoms with Crippen LogP contribution in [0.3, 0.4) is 0 Å². The maximum Gasteiger partial charge on any atom is 0.288 e. The quantitative estimate of drug-likeness (QED) is 0.553. The maximum absolute atomic E-state index is 13.0. The van der Waals surface area contributed by atoms with E-state index in [4.69, 9.17) is 11.6 Å². The molecule has 0 spiro atoms. The number of benzene rings is 1. The average molecular weight is 415 g/mol. The Kier molecular flexibility index (Phi) is 5.31. The summed E-state index contributed by atoms with van der Waals surface area (Å²) in [5, 5.41) is 12.9. The Labute approximate surface area is 159 Å². The van der Waals surface area contributed by atoms with Crippen molar-refractivity contribution in [3.63, 3.8) is 0 Å². The van der Waals surface area contributed by atoms with E-state index in [1.54, 1.807) is 0 Å². The smallest absolute Gasteiger partial charge is 0.288 e. The summed E-state index contributed by atoms with van der Waals surface area (Å²) in [6.45, 7) is 0.257. The number of nitro groups is 1.